The Hall–Kier alpha value is -3.26. The van der Waals surface area contributed by atoms with Gasteiger partial charge in [-0.1, -0.05) is 11.6 Å². The van der Waals surface area contributed by atoms with Gasteiger partial charge in [-0.25, -0.2) is 5.43 Å². The van der Waals surface area contributed by atoms with Crippen molar-refractivity contribution in [2.24, 2.45) is 11.0 Å². The second-order valence-electron chi connectivity index (χ2n) is 6.57. The van der Waals surface area contributed by atoms with E-state index in [1.165, 1.54) is 27.5 Å². The van der Waals surface area contributed by atoms with Crippen LogP contribution in [0.4, 0.5) is 5.69 Å². The van der Waals surface area contributed by atoms with Crippen molar-refractivity contribution in [3.63, 3.8) is 0 Å². The molecule has 0 aromatic heterocycles. The molecule has 0 radical (unpaired) electrons. The zero-order chi connectivity index (χ0) is 21.7. The van der Waals surface area contributed by atoms with Crippen LogP contribution in [0.2, 0.25) is 5.02 Å². The molecule has 30 heavy (non-hydrogen) atoms. The van der Waals surface area contributed by atoms with E-state index in [0.717, 1.165) is 0 Å². The molecule has 0 bridgehead atoms. The minimum absolute atomic E-state index is 0.119. The highest BCUT2D eigenvalue weighted by molar-refractivity contribution is 6.30. The summed E-state index contributed by atoms with van der Waals surface area (Å²) in [5, 5.41) is 4.59. The minimum atomic E-state index is -0.495. The number of anilines is 1. The van der Waals surface area contributed by atoms with E-state index in [2.05, 4.69) is 10.5 Å². The van der Waals surface area contributed by atoms with E-state index in [4.69, 9.17) is 25.8 Å². The molecule has 8 nitrogen and oxygen atoms in total. The highest BCUT2D eigenvalue weighted by atomic mass is 35.5. The lowest BCUT2D eigenvalue weighted by atomic mass is 10.1. The number of methoxy groups -OCH3 is 3. The molecule has 1 N–H and O–H groups in total. The summed E-state index contributed by atoms with van der Waals surface area (Å²) in [4.78, 5) is 26.3. The first-order valence-corrected chi connectivity index (χ1v) is 9.53. The van der Waals surface area contributed by atoms with E-state index < -0.39 is 5.92 Å². The number of hydrogen-bond donors (Lipinski definition) is 1. The van der Waals surface area contributed by atoms with Crippen LogP contribution in [0, 0.1) is 5.92 Å². The monoisotopic (exact) mass is 431 g/mol. The molecule has 0 saturated carbocycles. The van der Waals surface area contributed by atoms with Crippen molar-refractivity contribution in [3.05, 3.63) is 47.0 Å². The van der Waals surface area contributed by atoms with Crippen LogP contribution in [0.25, 0.3) is 0 Å². The van der Waals surface area contributed by atoms with Crippen LogP contribution < -0.4 is 24.5 Å². The molecule has 0 unspecified atom stereocenters. The van der Waals surface area contributed by atoms with Crippen LogP contribution in [0.15, 0.2) is 41.5 Å². The van der Waals surface area contributed by atoms with Gasteiger partial charge in [-0.15, -0.1) is 0 Å². The van der Waals surface area contributed by atoms with Gasteiger partial charge >= 0.3 is 0 Å². The van der Waals surface area contributed by atoms with Crippen LogP contribution in [-0.2, 0) is 9.59 Å². The van der Waals surface area contributed by atoms with Gasteiger partial charge in [-0.3, -0.25) is 9.59 Å². The number of nitrogens with zero attached hydrogens (tertiary/aromatic N) is 2. The summed E-state index contributed by atoms with van der Waals surface area (Å²) >= 11 is 5.89. The molecule has 0 spiro atoms. The number of amides is 2. The molecule has 2 aromatic rings. The van der Waals surface area contributed by atoms with Gasteiger partial charge in [0.05, 0.1) is 33.5 Å². The fraction of sp³-hybridized carbons (Fsp3) is 0.286. The Balaban J connectivity index is 1.65. The third-order valence-electron chi connectivity index (χ3n) is 4.71. The van der Waals surface area contributed by atoms with Crippen LogP contribution >= 0.6 is 11.6 Å². The van der Waals surface area contributed by atoms with Crippen LogP contribution in [0.1, 0.15) is 12.0 Å². The first-order valence-electron chi connectivity index (χ1n) is 9.15. The Morgan fingerprint density at radius 2 is 1.77 bits per heavy atom. The Kier molecular flexibility index (Phi) is 6.79. The third-order valence-corrected chi connectivity index (χ3v) is 4.96. The number of halogens is 1. The minimum Gasteiger partial charge on any atom is -0.493 e. The van der Waals surface area contributed by atoms with Crippen molar-refractivity contribution >= 4 is 35.3 Å². The summed E-state index contributed by atoms with van der Waals surface area (Å²) < 4.78 is 15.9. The van der Waals surface area contributed by atoms with E-state index in [1.807, 2.05) is 0 Å². The maximum absolute atomic E-state index is 12.5. The van der Waals surface area contributed by atoms with E-state index in [-0.39, 0.29) is 24.8 Å². The number of carbonyl (C=O) groups is 2. The molecule has 158 valence electrons. The number of hydrogen-bond acceptors (Lipinski definition) is 6. The summed E-state index contributed by atoms with van der Waals surface area (Å²) in [6.45, 7) is 0.284. The fourth-order valence-corrected chi connectivity index (χ4v) is 3.32. The molecular weight excluding hydrogens is 410 g/mol. The third kappa shape index (κ3) is 4.65. The predicted octanol–water partition coefficient (Wildman–Crippen LogP) is 2.87. The van der Waals surface area contributed by atoms with Crippen molar-refractivity contribution in [3.8, 4) is 17.2 Å². The highest BCUT2D eigenvalue weighted by Gasteiger charge is 2.35. The highest BCUT2D eigenvalue weighted by Crippen LogP contribution is 2.37. The lowest BCUT2D eigenvalue weighted by molar-refractivity contribution is -0.126. The van der Waals surface area contributed by atoms with Gasteiger partial charge < -0.3 is 19.1 Å². The number of nitrogens with one attached hydrogen (secondary N) is 1. The quantitative estimate of drug-likeness (QED) is 0.538. The molecule has 3 rings (SSSR count). The van der Waals surface area contributed by atoms with Gasteiger partial charge in [-0.05, 0) is 36.4 Å². The molecule has 1 saturated heterocycles. The fourth-order valence-electron chi connectivity index (χ4n) is 3.19. The SMILES string of the molecule is COc1cc(/C=N\NC(=O)[C@H]2CC(=O)N(c3ccc(Cl)cc3)C2)cc(OC)c1OC. The summed E-state index contributed by atoms with van der Waals surface area (Å²) in [6, 6.07) is 10.3. The molecular formula is C21H22ClN3O5. The topological polar surface area (TPSA) is 89.5 Å². The molecule has 1 atom stereocenters. The molecule has 9 heteroatoms. The van der Waals surface area contributed by atoms with E-state index in [9.17, 15) is 9.59 Å². The zero-order valence-corrected chi connectivity index (χ0v) is 17.6. The van der Waals surface area contributed by atoms with Crippen molar-refractivity contribution in [2.75, 3.05) is 32.8 Å². The summed E-state index contributed by atoms with van der Waals surface area (Å²) in [6.07, 6.45) is 1.59. The second-order valence-corrected chi connectivity index (χ2v) is 7.01. The summed E-state index contributed by atoms with van der Waals surface area (Å²) in [7, 11) is 4.55. The number of hydrazone groups is 1. The van der Waals surface area contributed by atoms with Crippen molar-refractivity contribution in [1.29, 1.82) is 0 Å². The summed E-state index contributed by atoms with van der Waals surface area (Å²) in [5.41, 5.74) is 3.85. The van der Waals surface area contributed by atoms with Gasteiger partial charge in [-0.2, -0.15) is 5.10 Å². The summed E-state index contributed by atoms with van der Waals surface area (Å²) in [5.74, 6) is 0.474. The normalized spacial score (nSPS) is 16.1. The van der Waals surface area contributed by atoms with Gasteiger partial charge in [0, 0.05) is 29.2 Å². The van der Waals surface area contributed by atoms with Crippen molar-refractivity contribution in [2.45, 2.75) is 6.42 Å². The molecule has 2 aromatic carbocycles. The first-order chi connectivity index (χ1) is 14.5. The van der Waals surface area contributed by atoms with Crippen LogP contribution in [0.3, 0.4) is 0 Å². The Labute approximate surface area is 179 Å². The Morgan fingerprint density at radius 1 is 1.13 bits per heavy atom. The van der Waals surface area contributed by atoms with Gasteiger partial charge in [0.1, 0.15) is 0 Å². The maximum atomic E-state index is 12.5. The maximum Gasteiger partial charge on any atom is 0.245 e. The lowest BCUT2D eigenvalue weighted by Gasteiger charge is -2.16. The second kappa shape index (κ2) is 9.49. The van der Waals surface area contributed by atoms with Crippen LogP contribution in [0.5, 0.6) is 17.2 Å². The largest absolute Gasteiger partial charge is 0.493 e. The molecule has 2 amide bonds. The van der Waals surface area contributed by atoms with E-state index in [1.54, 1.807) is 41.3 Å². The molecule has 1 aliphatic heterocycles. The number of benzene rings is 2. The van der Waals surface area contributed by atoms with Crippen molar-refractivity contribution < 1.29 is 23.8 Å². The van der Waals surface area contributed by atoms with Gasteiger partial charge in [0.15, 0.2) is 11.5 Å². The predicted molar refractivity (Wildman–Crippen MR) is 114 cm³/mol. The smallest absolute Gasteiger partial charge is 0.245 e. The zero-order valence-electron chi connectivity index (χ0n) is 16.8. The number of carbonyl (C=O) groups excluding carboxylic acids is 2. The molecule has 1 fully saturated rings. The number of rotatable bonds is 7. The average molecular weight is 432 g/mol. The Bertz CT molecular complexity index is 937. The molecule has 1 aliphatic rings. The standard InChI is InChI=1S/C21H22ClN3O5/c1-28-17-8-13(9-18(29-2)20(17)30-3)11-23-24-21(27)14-10-19(26)25(12-14)16-6-4-15(22)5-7-16/h4-9,11,14H,10,12H2,1-3H3,(H,24,27)/b23-11-/t14-/m0/s1. The average Bonchev–Trinajstić information content (AvgIpc) is 3.15. The van der Waals surface area contributed by atoms with Gasteiger partial charge in [0.25, 0.3) is 0 Å². The molecule has 0 aliphatic carbocycles. The van der Waals surface area contributed by atoms with Crippen molar-refractivity contribution in [1.82, 2.24) is 5.43 Å². The van der Waals surface area contributed by atoms with E-state index >= 15 is 0 Å². The van der Waals surface area contributed by atoms with Crippen LogP contribution in [-0.4, -0.2) is 45.9 Å². The van der Waals surface area contributed by atoms with E-state index in [0.29, 0.717) is 33.5 Å². The Morgan fingerprint density at radius 3 is 2.33 bits per heavy atom. The number of ether oxygens (including phenoxy) is 3. The lowest BCUT2D eigenvalue weighted by Crippen LogP contribution is -2.30. The molecule has 1 heterocycles. The van der Waals surface area contributed by atoms with Gasteiger partial charge in [0.2, 0.25) is 17.6 Å². The first kappa shape index (κ1) is 21.4.